The maximum absolute atomic E-state index is 12.9. The minimum atomic E-state index is -4.10. The van der Waals surface area contributed by atoms with Crippen molar-refractivity contribution in [3.63, 3.8) is 0 Å². The Hall–Kier alpha value is -4.45. The van der Waals surface area contributed by atoms with E-state index >= 15 is 0 Å². The van der Waals surface area contributed by atoms with E-state index in [0.717, 1.165) is 0 Å². The lowest BCUT2D eigenvalue weighted by Crippen LogP contribution is -2.18. The second kappa shape index (κ2) is 8.24. The topological polar surface area (TPSA) is 167 Å². The molecular weight excluding hydrogens is 450 g/mol. The maximum atomic E-state index is 12.9. The van der Waals surface area contributed by atoms with Crippen molar-refractivity contribution < 1.29 is 18.1 Å². The van der Waals surface area contributed by atoms with E-state index in [1.54, 1.807) is 19.1 Å². The molecular formula is C21H17N5O6S. The Bertz CT molecular complexity index is 1570. The predicted molar refractivity (Wildman–Crippen MR) is 122 cm³/mol. The summed E-state index contributed by atoms with van der Waals surface area (Å²) in [4.78, 5) is 39.8. The standard InChI is InChI=1S/C21H17N5O6S/c1-12-6-7-13(10-19(12)26(29)30)22-20(27)15-4-2-3-5-16(15)25-33(31,32)14-8-9-17-18(11-14)24-21(28)23-17/h2-11,25H,1H3,(H,22,27)(H2,23,24,28). The molecule has 1 aromatic heterocycles. The van der Waals surface area contributed by atoms with Crippen LogP contribution in [0.5, 0.6) is 0 Å². The monoisotopic (exact) mass is 467 g/mol. The SMILES string of the molecule is Cc1ccc(NC(=O)c2ccccc2NS(=O)(=O)c2ccc3[nH]c(=O)[nH]c3c2)cc1[N+](=O)[O-]. The molecule has 1 heterocycles. The van der Waals surface area contributed by atoms with Crippen molar-refractivity contribution in [1.29, 1.82) is 0 Å². The van der Waals surface area contributed by atoms with E-state index in [1.165, 1.54) is 48.5 Å². The molecule has 0 unspecified atom stereocenters. The quantitative estimate of drug-likeness (QED) is 0.251. The van der Waals surface area contributed by atoms with Crippen molar-refractivity contribution in [3.8, 4) is 0 Å². The minimum Gasteiger partial charge on any atom is -0.322 e. The molecule has 0 saturated heterocycles. The molecule has 0 aliphatic carbocycles. The number of nitrogens with one attached hydrogen (secondary N) is 4. The summed E-state index contributed by atoms with van der Waals surface area (Å²) in [5, 5.41) is 13.7. The minimum absolute atomic E-state index is 0.0132. The molecule has 0 aliphatic heterocycles. The Morgan fingerprint density at radius 2 is 1.73 bits per heavy atom. The molecule has 11 nitrogen and oxygen atoms in total. The molecule has 4 N–H and O–H groups in total. The van der Waals surface area contributed by atoms with Gasteiger partial charge in [0.1, 0.15) is 0 Å². The summed E-state index contributed by atoms with van der Waals surface area (Å²) in [6.45, 7) is 1.58. The molecule has 3 aromatic carbocycles. The van der Waals surface area contributed by atoms with Crippen LogP contribution in [-0.2, 0) is 10.0 Å². The van der Waals surface area contributed by atoms with Gasteiger partial charge < -0.3 is 15.3 Å². The molecule has 4 rings (SSSR count). The number of nitrogens with zero attached hydrogens (tertiary/aromatic N) is 1. The first-order valence-corrected chi connectivity index (χ1v) is 11.0. The van der Waals surface area contributed by atoms with Gasteiger partial charge in [-0.2, -0.15) is 0 Å². The number of para-hydroxylation sites is 1. The van der Waals surface area contributed by atoms with Gasteiger partial charge in [-0.3, -0.25) is 19.6 Å². The van der Waals surface area contributed by atoms with E-state index in [9.17, 15) is 28.1 Å². The van der Waals surface area contributed by atoms with Gasteiger partial charge in [-0.25, -0.2) is 13.2 Å². The van der Waals surface area contributed by atoms with Gasteiger partial charge in [0.15, 0.2) is 0 Å². The molecule has 0 aliphatic rings. The Morgan fingerprint density at radius 3 is 2.48 bits per heavy atom. The summed E-state index contributed by atoms with van der Waals surface area (Å²) in [6, 6.07) is 14.3. The van der Waals surface area contributed by atoms with E-state index in [4.69, 9.17) is 0 Å². The van der Waals surface area contributed by atoms with Crippen molar-refractivity contribution in [2.24, 2.45) is 0 Å². The van der Waals surface area contributed by atoms with E-state index in [0.29, 0.717) is 16.6 Å². The second-order valence-corrected chi connectivity index (χ2v) is 8.83. The van der Waals surface area contributed by atoms with Gasteiger partial charge in [-0.05, 0) is 43.3 Å². The maximum Gasteiger partial charge on any atom is 0.323 e. The van der Waals surface area contributed by atoms with Gasteiger partial charge in [0, 0.05) is 17.3 Å². The molecule has 33 heavy (non-hydrogen) atoms. The number of rotatable bonds is 6. The fourth-order valence-electron chi connectivity index (χ4n) is 3.23. The van der Waals surface area contributed by atoms with E-state index < -0.39 is 26.5 Å². The Balaban J connectivity index is 1.63. The zero-order chi connectivity index (χ0) is 23.8. The molecule has 12 heteroatoms. The molecule has 0 saturated carbocycles. The zero-order valence-corrected chi connectivity index (χ0v) is 17.9. The molecule has 0 atom stereocenters. The number of H-pyrrole nitrogens is 2. The molecule has 168 valence electrons. The lowest BCUT2D eigenvalue weighted by atomic mass is 10.1. The Labute approximate surface area is 186 Å². The van der Waals surface area contributed by atoms with Gasteiger partial charge in [0.2, 0.25) is 0 Å². The number of aromatic nitrogens is 2. The smallest absolute Gasteiger partial charge is 0.322 e. The molecule has 1 amide bonds. The van der Waals surface area contributed by atoms with Gasteiger partial charge in [0.25, 0.3) is 21.6 Å². The van der Waals surface area contributed by atoms with Crippen LogP contribution in [0.25, 0.3) is 11.0 Å². The number of imidazole rings is 1. The first-order valence-electron chi connectivity index (χ1n) is 9.54. The number of carbonyl (C=O) groups excluding carboxylic acids is 1. The van der Waals surface area contributed by atoms with Gasteiger partial charge in [0.05, 0.1) is 32.1 Å². The largest absolute Gasteiger partial charge is 0.323 e. The van der Waals surface area contributed by atoms with Gasteiger partial charge >= 0.3 is 5.69 Å². The summed E-state index contributed by atoms with van der Waals surface area (Å²) < 4.78 is 28.2. The summed E-state index contributed by atoms with van der Waals surface area (Å²) in [5.74, 6) is -0.656. The number of anilines is 2. The molecule has 4 aromatic rings. The van der Waals surface area contributed by atoms with Crippen LogP contribution in [0.1, 0.15) is 15.9 Å². The Morgan fingerprint density at radius 1 is 1.00 bits per heavy atom. The summed E-state index contributed by atoms with van der Waals surface area (Å²) in [7, 11) is -4.10. The fraction of sp³-hybridized carbons (Fsp3) is 0.0476. The predicted octanol–water partition coefficient (Wildman–Crippen LogP) is 3.13. The zero-order valence-electron chi connectivity index (χ0n) is 17.1. The number of benzene rings is 3. The number of fused-ring (bicyclic) bond motifs is 1. The average molecular weight is 467 g/mol. The van der Waals surface area contributed by atoms with E-state index in [2.05, 4.69) is 20.0 Å². The lowest BCUT2D eigenvalue weighted by molar-refractivity contribution is -0.385. The van der Waals surface area contributed by atoms with Crippen LogP contribution in [-0.4, -0.2) is 29.2 Å². The summed E-state index contributed by atoms with van der Waals surface area (Å²) in [6.07, 6.45) is 0. The normalized spacial score (nSPS) is 11.3. The van der Waals surface area contributed by atoms with Crippen molar-refractivity contribution in [1.82, 2.24) is 9.97 Å². The highest BCUT2D eigenvalue weighted by atomic mass is 32.2. The number of nitro benzene ring substituents is 1. The third kappa shape index (κ3) is 4.45. The lowest BCUT2D eigenvalue weighted by Gasteiger charge is -2.13. The van der Waals surface area contributed by atoms with Crippen LogP contribution in [0.15, 0.2) is 70.4 Å². The van der Waals surface area contributed by atoms with Crippen molar-refractivity contribution >= 4 is 44.0 Å². The highest BCUT2D eigenvalue weighted by molar-refractivity contribution is 7.92. The number of aromatic amines is 2. The average Bonchev–Trinajstić information content (AvgIpc) is 3.14. The van der Waals surface area contributed by atoms with Crippen LogP contribution >= 0.6 is 0 Å². The van der Waals surface area contributed by atoms with E-state index in [-0.39, 0.29) is 27.5 Å². The Kier molecular flexibility index (Phi) is 5.44. The van der Waals surface area contributed by atoms with Crippen molar-refractivity contribution in [2.75, 3.05) is 10.0 Å². The molecule has 0 bridgehead atoms. The fourth-order valence-corrected chi connectivity index (χ4v) is 4.34. The van der Waals surface area contributed by atoms with E-state index in [1.807, 2.05) is 0 Å². The third-order valence-corrected chi connectivity index (χ3v) is 6.24. The van der Waals surface area contributed by atoms with Gasteiger partial charge in [-0.15, -0.1) is 0 Å². The number of hydrogen-bond acceptors (Lipinski definition) is 6. The van der Waals surface area contributed by atoms with Crippen LogP contribution < -0.4 is 15.7 Å². The molecule has 0 radical (unpaired) electrons. The van der Waals surface area contributed by atoms with Crippen LogP contribution in [0.3, 0.4) is 0 Å². The highest BCUT2D eigenvalue weighted by Gasteiger charge is 2.20. The number of nitro groups is 1. The number of carbonyl (C=O) groups is 1. The van der Waals surface area contributed by atoms with Gasteiger partial charge in [-0.1, -0.05) is 18.2 Å². The third-order valence-electron chi connectivity index (χ3n) is 4.88. The van der Waals surface area contributed by atoms with Crippen molar-refractivity contribution in [2.45, 2.75) is 11.8 Å². The highest BCUT2D eigenvalue weighted by Crippen LogP contribution is 2.25. The number of sulfonamides is 1. The van der Waals surface area contributed by atoms with Crippen molar-refractivity contribution in [3.05, 3.63) is 92.4 Å². The van der Waals surface area contributed by atoms with Crippen LogP contribution in [0.4, 0.5) is 17.1 Å². The number of aryl methyl sites for hydroxylation is 1. The first kappa shape index (κ1) is 21.8. The summed E-state index contributed by atoms with van der Waals surface area (Å²) in [5.41, 5.74) is 0.801. The number of hydrogen-bond donors (Lipinski definition) is 4. The molecule has 0 spiro atoms. The molecule has 0 fully saturated rings. The first-order chi connectivity index (χ1) is 15.6. The van der Waals surface area contributed by atoms with Crippen LogP contribution in [0.2, 0.25) is 0 Å². The summed E-state index contributed by atoms with van der Waals surface area (Å²) >= 11 is 0. The number of amides is 1. The van der Waals surface area contributed by atoms with Crippen LogP contribution in [0, 0.1) is 17.0 Å². The second-order valence-electron chi connectivity index (χ2n) is 7.15.